The second-order valence-electron chi connectivity index (χ2n) is 5.06. The zero-order chi connectivity index (χ0) is 14.3. The highest BCUT2D eigenvalue weighted by Gasteiger charge is 2.09. The van der Waals surface area contributed by atoms with E-state index in [1.54, 1.807) is 0 Å². The van der Waals surface area contributed by atoms with Gasteiger partial charge in [0.2, 0.25) is 0 Å². The predicted octanol–water partition coefficient (Wildman–Crippen LogP) is 3.11. The van der Waals surface area contributed by atoms with Crippen molar-refractivity contribution in [1.82, 2.24) is 5.32 Å². The molecule has 0 aliphatic heterocycles. The molecule has 0 spiro atoms. The van der Waals surface area contributed by atoms with Gasteiger partial charge in [0.1, 0.15) is 0 Å². The van der Waals surface area contributed by atoms with Crippen molar-refractivity contribution in [2.75, 3.05) is 37.9 Å². The van der Waals surface area contributed by atoms with Gasteiger partial charge in [0.05, 0.1) is 0 Å². The molecule has 1 aromatic carbocycles. The molecule has 0 aliphatic rings. The SMILES string of the molecule is C/C=C(\C)C(CCNC)Nc1ccc(N(C)C)cc1. The molecule has 2 N–H and O–H groups in total. The van der Waals surface area contributed by atoms with Crippen LogP contribution in [0, 0.1) is 0 Å². The summed E-state index contributed by atoms with van der Waals surface area (Å²) >= 11 is 0. The van der Waals surface area contributed by atoms with Crippen molar-refractivity contribution in [2.45, 2.75) is 26.3 Å². The van der Waals surface area contributed by atoms with E-state index in [2.05, 4.69) is 73.8 Å². The molecule has 0 aromatic heterocycles. The summed E-state index contributed by atoms with van der Waals surface area (Å²) in [5, 5.41) is 6.82. The Bertz CT molecular complexity index is 393. The molecule has 0 radical (unpaired) electrons. The minimum absolute atomic E-state index is 0.391. The lowest BCUT2D eigenvalue weighted by Crippen LogP contribution is -2.25. The fraction of sp³-hybridized carbons (Fsp3) is 0.500. The fourth-order valence-corrected chi connectivity index (χ4v) is 1.96. The van der Waals surface area contributed by atoms with Crippen LogP contribution < -0.4 is 15.5 Å². The van der Waals surface area contributed by atoms with Gasteiger partial charge in [-0.15, -0.1) is 0 Å². The Morgan fingerprint density at radius 1 is 1.26 bits per heavy atom. The molecule has 19 heavy (non-hydrogen) atoms. The van der Waals surface area contributed by atoms with Crippen LogP contribution in [0.15, 0.2) is 35.9 Å². The second-order valence-corrected chi connectivity index (χ2v) is 5.06. The average Bonchev–Trinajstić information content (AvgIpc) is 2.43. The molecule has 1 aromatic rings. The molecule has 3 heteroatoms. The number of allylic oxidation sites excluding steroid dienone is 1. The Balaban J connectivity index is 2.72. The molecule has 3 nitrogen and oxygen atoms in total. The summed E-state index contributed by atoms with van der Waals surface area (Å²) in [7, 11) is 6.11. The van der Waals surface area contributed by atoms with E-state index in [0.29, 0.717) is 6.04 Å². The number of hydrogen-bond acceptors (Lipinski definition) is 3. The first-order valence-corrected chi connectivity index (χ1v) is 6.89. The molecule has 0 fully saturated rings. The molecular weight excluding hydrogens is 234 g/mol. The van der Waals surface area contributed by atoms with Crippen LogP contribution in [0.1, 0.15) is 20.3 Å². The van der Waals surface area contributed by atoms with E-state index in [0.717, 1.165) is 13.0 Å². The van der Waals surface area contributed by atoms with E-state index in [9.17, 15) is 0 Å². The molecule has 0 bridgehead atoms. The zero-order valence-electron chi connectivity index (χ0n) is 12.8. The number of anilines is 2. The van der Waals surface area contributed by atoms with E-state index in [1.807, 2.05) is 7.05 Å². The maximum Gasteiger partial charge on any atom is 0.0483 e. The van der Waals surface area contributed by atoms with Crippen LogP contribution in [0.2, 0.25) is 0 Å². The van der Waals surface area contributed by atoms with Gasteiger partial charge < -0.3 is 15.5 Å². The molecule has 1 unspecified atom stereocenters. The van der Waals surface area contributed by atoms with Crippen molar-refractivity contribution >= 4 is 11.4 Å². The summed E-state index contributed by atoms with van der Waals surface area (Å²) in [5.74, 6) is 0. The third-order valence-electron chi connectivity index (χ3n) is 3.41. The Morgan fingerprint density at radius 3 is 2.37 bits per heavy atom. The lowest BCUT2D eigenvalue weighted by atomic mass is 10.0. The van der Waals surface area contributed by atoms with Crippen LogP contribution in [0.3, 0.4) is 0 Å². The smallest absolute Gasteiger partial charge is 0.0483 e. The summed E-state index contributed by atoms with van der Waals surface area (Å²) in [5.41, 5.74) is 3.78. The summed E-state index contributed by atoms with van der Waals surface area (Å²) in [4.78, 5) is 2.11. The molecule has 0 heterocycles. The Morgan fingerprint density at radius 2 is 1.89 bits per heavy atom. The number of hydrogen-bond donors (Lipinski definition) is 2. The molecule has 0 amide bonds. The minimum Gasteiger partial charge on any atom is -0.379 e. The van der Waals surface area contributed by atoms with Gasteiger partial charge in [-0.2, -0.15) is 0 Å². The molecule has 106 valence electrons. The van der Waals surface area contributed by atoms with Crippen molar-refractivity contribution < 1.29 is 0 Å². The lowest BCUT2D eigenvalue weighted by molar-refractivity contribution is 0.670. The van der Waals surface area contributed by atoms with E-state index in [1.165, 1.54) is 16.9 Å². The zero-order valence-corrected chi connectivity index (χ0v) is 12.8. The monoisotopic (exact) mass is 261 g/mol. The van der Waals surface area contributed by atoms with Crippen molar-refractivity contribution in [1.29, 1.82) is 0 Å². The normalized spacial score (nSPS) is 13.2. The van der Waals surface area contributed by atoms with Crippen LogP contribution in [-0.4, -0.2) is 33.7 Å². The summed E-state index contributed by atoms with van der Waals surface area (Å²) < 4.78 is 0. The number of nitrogens with zero attached hydrogens (tertiary/aromatic N) is 1. The Kier molecular flexibility index (Phi) is 6.43. The number of nitrogens with one attached hydrogen (secondary N) is 2. The van der Waals surface area contributed by atoms with E-state index < -0.39 is 0 Å². The number of rotatable bonds is 7. The summed E-state index contributed by atoms with van der Waals surface area (Å²) in [6.45, 7) is 5.29. The third-order valence-corrected chi connectivity index (χ3v) is 3.41. The van der Waals surface area contributed by atoms with Crippen LogP contribution in [0.25, 0.3) is 0 Å². The van der Waals surface area contributed by atoms with Crippen molar-refractivity contribution in [3.63, 3.8) is 0 Å². The molecular formula is C16H27N3. The fourth-order valence-electron chi connectivity index (χ4n) is 1.96. The van der Waals surface area contributed by atoms with Gasteiger partial charge in [0.15, 0.2) is 0 Å². The van der Waals surface area contributed by atoms with Gasteiger partial charge in [0, 0.05) is 31.5 Å². The largest absolute Gasteiger partial charge is 0.379 e. The average molecular weight is 261 g/mol. The van der Waals surface area contributed by atoms with Gasteiger partial charge in [0.25, 0.3) is 0 Å². The van der Waals surface area contributed by atoms with Gasteiger partial charge in [-0.3, -0.25) is 0 Å². The van der Waals surface area contributed by atoms with Crippen LogP contribution in [0.4, 0.5) is 11.4 Å². The first kappa shape index (κ1) is 15.6. The first-order valence-electron chi connectivity index (χ1n) is 6.89. The first-order chi connectivity index (χ1) is 9.08. The van der Waals surface area contributed by atoms with E-state index in [4.69, 9.17) is 0 Å². The highest BCUT2D eigenvalue weighted by Crippen LogP contribution is 2.19. The molecule has 0 saturated heterocycles. The standard InChI is InChI=1S/C16H27N3/c1-6-13(2)16(11-12-17-3)18-14-7-9-15(10-8-14)19(4)5/h6-10,16-18H,11-12H2,1-5H3/b13-6+. The third kappa shape index (κ3) is 4.95. The highest BCUT2D eigenvalue weighted by atomic mass is 15.1. The lowest BCUT2D eigenvalue weighted by Gasteiger charge is -2.21. The predicted molar refractivity (Wildman–Crippen MR) is 86.2 cm³/mol. The summed E-state index contributed by atoms with van der Waals surface area (Å²) in [6.07, 6.45) is 3.27. The maximum atomic E-state index is 3.60. The van der Waals surface area contributed by atoms with Crippen molar-refractivity contribution in [2.24, 2.45) is 0 Å². The second kappa shape index (κ2) is 7.85. The van der Waals surface area contributed by atoms with Crippen LogP contribution in [0.5, 0.6) is 0 Å². The maximum absolute atomic E-state index is 3.60. The van der Waals surface area contributed by atoms with Gasteiger partial charge in [-0.25, -0.2) is 0 Å². The van der Waals surface area contributed by atoms with Gasteiger partial charge in [-0.1, -0.05) is 11.6 Å². The van der Waals surface area contributed by atoms with Gasteiger partial charge in [-0.05, 0) is 58.1 Å². The van der Waals surface area contributed by atoms with Crippen molar-refractivity contribution in [3.8, 4) is 0 Å². The Labute approximate surface area is 117 Å². The molecule has 0 saturated carbocycles. The van der Waals surface area contributed by atoms with Gasteiger partial charge >= 0.3 is 0 Å². The summed E-state index contributed by atoms with van der Waals surface area (Å²) in [6, 6.07) is 8.96. The van der Waals surface area contributed by atoms with E-state index in [-0.39, 0.29) is 0 Å². The Hall–Kier alpha value is -1.48. The van der Waals surface area contributed by atoms with Crippen LogP contribution in [-0.2, 0) is 0 Å². The molecule has 0 aliphatic carbocycles. The quantitative estimate of drug-likeness (QED) is 0.739. The number of benzene rings is 1. The molecule has 1 atom stereocenters. The highest BCUT2D eigenvalue weighted by molar-refractivity contribution is 5.55. The molecule has 1 rings (SSSR count). The van der Waals surface area contributed by atoms with E-state index >= 15 is 0 Å². The minimum atomic E-state index is 0.391. The van der Waals surface area contributed by atoms with Crippen LogP contribution >= 0.6 is 0 Å². The van der Waals surface area contributed by atoms with Crippen molar-refractivity contribution in [3.05, 3.63) is 35.9 Å². The topological polar surface area (TPSA) is 27.3 Å².